The van der Waals surface area contributed by atoms with Crippen LogP contribution < -0.4 is 4.74 Å². The van der Waals surface area contributed by atoms with E-state index in [1.54, 1.807) is 25.4 Å². The van der Waals surface area contributed by atoms with E-state index in [1.165, 1.54) is 69.9 Å². The molecule has 0 bridgehead atoms. The molecule has 5 nitrogen and oxygen atoms in total. The molecule has 0 N–H and O–H groups in total. The predicted molar refractivity (Wildman–Crippen MR) is 161 cm³/mol. The molecule has 0 aliphatic carbocycles. The SMILES string of the molecule is COc1ccc(F)cc1-c1ccnc2c1c(C#N)c(I)n2COCCCCCCCCCCCC(C)(C)C. The van der Waals surface area contributed by atoms with E-state index in [0.717, 1.165) is 10.1 Å². The Bertz CT molecular complexity index is 1230. The fourth-order valence-electron chi connectivity index (χ4n) is 4.82. The lowest BCUT2D eigenvalue weighted by Gasteiger charge is -2.17. The van der Waals surface area contributed by atoms with Gasteiger partial charge < -0.3 is 9.47 Å². The Morgan fingerprint density at radius 2 is 1.63 bits per heavy atom. The van der Waals surface area contributed by atoms with E-state index in [9.17, 15) is 9.65 Å². The van der Waals surface area contributed by atoms with E-state index in [4.69, 9.17) is 9.47 Å². The summed E-state index contributed by atoms with van der Waals surface area (Å²) in [7, 11) is 1.55. The summed E-state index contributed by atoms with van der Waals surface area (Å²) in [6.45, 7) is 7.95. The van der Waals surface area contributed by atoms with E-state index in [-0.39, 0.29) is 5.82 Å². The van der Waals surface area contributed by atoms with Gasteiger partial charge in [0.2, 0.25) is 0 Å². The summed E-state index contributed by atoms with van der Waals surface area (Å²) in [6, 6.07) is 8.51. The highest BCUT2D eigenvalue weighted by atomic mass is 127. The van der Waals surface area contributed by atoms with Gasteiger partial charge >= 0.3 is 0 Å². The topological polar surface area (TPSA) is 60.1 Å². The molecule has 206 valence electrons. The highest BCUT2D eigenvalue weighted by Crippen LogP contribution is 2.38. The third-order valence-electron chi connectivity index (χ3n) is 6.88. The lowest BCUT2D eigenvalue weighted by molar-refractivity contribution is 0.0748. The summed E-state index contributed by atoms with van der Waals surface area (Å²) in [6.07, 6.45) is 14.5. The number of methoxy groups -OCH3 is 1. The maximum atomic E-state index is 14.1. The van der Waals surface area contributed by atoms with Crippen molar-refractivity contribution in [2.45, 2.75) is 91.7 Å². The number of halogens is 2. The maximum absolute atomic E-state index is 14.1. The molecule has 1 aromatic carbocycles. The normalized spacial score (nSPS) is 11.7. The van der Waals surface area contributed by atoms with Crippen LogP contribution in [0.15, 0.2) is 30.5 Å². The smallest absolute Gasteiger partial charge is 0.144 e. The molecular weight excluding hydrogens is 592 g/mol. The van der Waals surface area contributed by atoms with Crippen LogP contribution in [0, 0.1) is 26.3 Å². The van der Waals surface area contributed by atoms with Gasteiger partial charge in [0.1, 0.15) is 33.7 Å². The van der Waals surface area contributed by atoms with E-state index in [1.807, 2.05) is 4.57 Å². The Hall–Kier alpha value is -2.18. The molecule has 2 heterocycles. The Labute approximate surface area is 240 Å². The van der Waals surface area contributed by atoms with Crippen molar-refractivity contribution >= 4 is 33.6 Å². The molecule has 0 radical (unpaired) electrons. The van der Waals surface area contributed by atoms with Crippen molar-refractivity contribution in [2.24, 2.45) is 5.41 Å². The summed E-state index contributed by atoms with van der Waals surface area (Å²) in [5, 5.41) is 10.6. The first-order chi connectivity index (χ1) is 18.3. The quantitative estimate of drug-likeness (QED) is 0.124. The van der Waals surface area contributed by atoms with Gasteiger partial charge in [0.25, 0.3) is 0 Å². The predicted octanol–water partition coefficient (Wildman–Crippen LogP) is 9.25. The van der Waals surface area contributed by atoms with Crippen molar-refractivity contribution in [3.05, 3.63) is 45.5 Å². The average Bonchev–Trinajstić information content (AvgIpc) is 3.16. The van der Waals surface area contributed by atoms with Crippen LogP contribution in [0.2, 0.25) is 0 Å². The molecule has 0 saturated carbocycles. The number of benzene rings is 1. The molecule has 0 spiro atoms. The molecular formula is C31H41FIN3O2. The number of nitrogens with zero attached hydrogens (tertiary/aromatic N) is 3. The van der Waals surface area contributed by atoms with E-state index < -0.39 is 0 Å². The van der Waals surface area contributed by atoms with Crippen LogP contribution in [-0.2, 0) is 11.5 Å². The Morgan fingerprint density at radius 3 is 2.26 bits per heavy atom. The minimum atomic E-state index is -0.363. The lowest BCUT2D eigenvalue weighted by Crippen LogP contribution is -2.06. The number of ether oxygens (including phenoxy) is 2. The van der Waals surface area contributed by atoms with Gasteiger partial charge in [-0.3, -0.25) is 4.57 Å². The zero-order valence-corrected chi connectivity index (χ0v) is 25.4. The van der Waals surface area contributed by atoms with Crippen molar-refractivity contribution in [3.8, 4) is 22.9 Å². The second-order valence-corrected chi connectivity index (χ2v) is 12.2. The van der Waals surface area contributed by atoms with Crippen molar-refractivity contribution < 1.29 is 13.9 Å². The van der Waals surface area contributed by atoms with E-state index in [0.29, 0.717) is 52.2 Å². The van der Waals surface area contributed by atoms with Gasteiger partial charge in [-0.25, -0.2) is 9.37 Å². The van der Waals surface area contributed by atoms with Crippen LogP contribution in [0.5, 0.6) is 5.75 Å². The van der Waals surface area contributed by atoms with Crippen molar-refractivity contribution in [1.82, 2.24) is 9.55 Å². The third-order valence-corrected chi connectivity index (χ3v) is 8.00. The van der Waals surface area contributed by atoms with Crippen LogP contribution in [0.4, 0.5) is 4.39 Å². The van der Waals surface area contributed by atoms with Crippen LogP contribution in [0.25, 0.3) is 22.2 Å². The standard InChI is InChI=1S/C31H41FIN3O2/c1-31(2,3)17-12-10-8-6-5-7-9-11-13-19-38-22-36-29(33)26(21-34)28-24(16-18-35-30(28)36)25-20-23(32)14-15-27(25)37-4/h14-16,18,20H,5-13,17,19,22H2,1-4H3. The number of nitriles is 1. The minimum Gasteiger partial charge on any atom is -0.496 e. The number of hydrogen-bond donors (Lipinski definition) is 0. The fraction of sp³-hybridized carbons (Fsp3) is 0.548. The zero-order chi connectivity index (χ0) is 27.5. The summed E-state index contributed by atoms with van der Waals surface area (Å²) in [4.78, 5) is 4.55. The highest BCUT2D eigenvalue weighted by Gasteiger charge is 2.21. The highest BCUT2D eigenvalue weighted by molar-refractivity contribution is 14.1. The maximum Gasteiger partial charge on any atom is 0.144 e. The summed E-state index contributed by atoms with van der Waals surface area (Å²) in [5.74, 6) is 0.181. The molecule has 38 heavy (non-hydrogen) atoms. The molecule has 3 aromatic rings. The summed E-state index contributed by atoms with van der Waals surface area (Å²) < 4.78 is 28.3. The first kappa shape index (κ1) is 30.4. The molecule has 0 amide bonds. The van der Waals surface area contributed by atoms with Gasteiger partial charge in [0.15, 0.2) is 0 Å². The van der Waals surface area contributed by atoms with Gasteiger partial charge in [-0.05, 0) is 70.7 Å². The minimum absolute atomic E-state index is 0.321. The molecule has 0 saturated heterocycles. The van der Waals surface area contributed by atoms with Gasteiger partial charge in [0.05, 0.1) is 12.7 Å². The van der Waals surface area contributed by atoms with Crippen LogP contribution in [-0.4, -0.2) is 23.3 Å². The third kappa shape index (κ3) is 8.41. The van der Waals surface area contributed by atoms with E-state index >= 15 is 0 Å². The average molecular weight is 634 g/mol. The van der Waals surface area contributed by atoms with Crippen LogP contribution in [0.1, 0.15) is 90.5 Å². The van der Waals surface area contributed by atoms with Gasteiger partial charge in [0, 0.05) is 23.8 Å². The van der Waals surface area contributed by atoms with Gasteiger partial charge in [-0.1, -0.05) is 72.1 Å². The number of aromatic nitrogens is 2. The molecule has 0 aliphatic heterocycles. The van der Waals surface area contributed by atoms with Crippen molar-refractivity contribution in [3.63, 3.8) is 0 Å². The molecule has 0 unspecified atom stereocenters. The Kier molecular flexibility index (Phi) is 11.9. The van der Waals surface area contributed by atoms with Crippen molar-refractivity contribution in [2.75, 3.05) is 13.7 Å². The van der Waals surface area contributed by atoms with Crippen LogP contribution in [0.3, 0.4) is 0 Å². The summed E-state index contributed by atoms with van der Waals surface area (Å²) >= 11 is 2.17. The number of unbranched alkanes of at least 4 members (excludes halogenated alkanes) is 8. The molecule has 0 atom stereocenters. The van der Waals surface area contributed by atoms with Crippen molar-refractivity contribution in [1.29, 1.82) is 5.26 Å². The number of fused-ring (bicyclic) bond motifs is 1. The number of rotatable bonds is 15. The molecule has 2 aromatic heterocycles. The second-order valence-electron chi connectivity index (χ2n) is 11.1. The second kappa shape index (κ2) is 14.8. The Morgan fingerprint density at radius 1 is 0.974 bits per heavy atom. The first-order valence-corrected chi connectivity index (χ1v) is 14.8. The Balaban J connectivity index is 1.50. The van der Waals surface area contributed by atoms with Crippen LogP contribution >= 0.6 is 22.6 Å². The van der Waals surface area contributed by atoms with Gasteiger partial charge in [-0.15, -0.1) is 0 Å². The molecule has 0 aliphatic rings. The monoisotopic (exact) mass is 633 g/mol. The molecule has 0 fully saturated rings. The largest absolute Gasteiger partial charge is 0.496 e. The zero-order valence-electron chi connectivity index (χ0n) is 23.3. The fourth-order valence-corrected chi connectivity index (χ4v) is 5.58. The lowest BCUT2D eigenvalue weighted by atomic mass is 9.89. The van der Waals surface area contributed by atoms with E-state index in [2.05, 4.69) is 54.4 Å². The summed E-state index contributed by atoms with van der Waals surface area (Å²) in [5.41, 5.74) is 2.93. The number of hydrogen-bond acceptors (Lipinski definition) is 4. The molecule has 7 heteroatoms. The molecule has 3 rings (SSSR count). The van der Waals surface area contributed by atoms with Gasteiger partial charge in [-0.2, -0.15) is 5.26 Å². The number of pyridine rings is 1. The first-order valence-electron chi connectivity index (χ1n) is 13.8.